The Labute approximate surface area is 142 Å². The van der Waals surface area contributed by atoms with Gasteiger partial charge < -0.3 is 14.5 Å². The summed E-state index contributed by atoms with van der Waals surface area (Å²) in [7, 11) is 0. The van der Waals surface area contributed by atoms with E-state index in [0.29, 0.717) is 22.4 Å². The van der Waals surface area contributed by atoms with E-state index < -0.39 is 0 Å². The second-order valence-electron chi connectivity index (χ2n) is 4.90. The van der Waals surface area contributed by atoms with E-state index in [4.69, 9.17) is 20.8 Å². The van der Waals surface area contributed by atoms with E-state index in [1.54, 1.807) is 25.1 Å². The third-order valence-electron chi connectivity index (χ3n) is 3.21. The van der Waals surface area contributed by atoms with Gasteiger partial charge in [0.1, 0.15) is 18.1 Å². The van der Waals surface area contributed by atoms with Crippen molar-refractivity contribution in [2.45, 2.75) is 6.92 Å². The molecule has 0 aliphatic carbocycles. The van der Waals surface area contributed by atoms with Crippen molar-refractivity contribution in [3.63, 3.8) is 0 Å². The van der Waals surface area contributed by atoms with Crippen molar-refractivity contribution in [3.05, 3.63) is 52.9 Å². The number of aromatic nitrogens is 2. The minimum absolute atomic E-state index is 0.198. The number of halogens is 1. The topological polar surface area (TPSA) is 90.4 Å². The van der Waals surface area contributed by atoms with Crippen LogP contribution in [0.2, 0.25) is 5.02 Å². The average Bonchev–Trinajstić information content (AvgIpc) is 3.21. The van der Waals surface area contributed by atoms with E-state index >= 15 is 0 Å². The highest BCUT2D eigenvalue weighted by Crippen LogP contribution is 2.28. The van der Waals surface area contributed by atoms with Gasteiger partial charge in [0, 0.05) is 5.56 Å². The van der Waals surface area contributed by atoms with E-state index in [2.05, 4.69) is 20.3 Å². The highest BCUT2D eigenvalue weighted by atomic mass is 35.5. The molecule has 0 radical (unpaired) electrons. The fourth-order valence-corrected chi connectivity index (χ4v) is 2.25. The van der Waals surface area contributed by atoms with Gasteiger partial charge in [-0.25, -0.2) is 4.63 Å². The zero-order chi connectivity index (χ0) is 16.9. The first kappa shape index (κ1) is 16.1. The van der Waals surface area contributed by atoms with Crippen LogP contribution >= 0.6 is 11.6 Å². The molecule has 0 atom stereocenters. The van der Waals surface area contributed by atoms with Crippen molar-refractivity contribution >= 4 is 17.5 Å². The summed E-state index contributed by atoms with van der Waals surface area (Å²) >= 11 is 6.12. The third kappa shape index (κ3) is 3.57. The second kappa shape index (κ2) is 7.18. The van der Waals surface area contributed by atoms with Crippen LogP contribution in [0, 0.1) is 6.92 Å². The summed E-state index contributed by atoms with van der Waals surface area (Å²) in [4.78, 5) is 12.1. The minimum Gasteiger partial charge on any atom is -0.472 e. The summed E-state index contributed by atoms with van der Waals surface area (Å²) in [5.41, 5.74) is 1.28. The molecule has 2 heterocycles. The number of carbonyl (C=O) groups is 1. The van der Waals surface area contributed by atoms with Crippen LogP contribution in [0.5, 0.6) is 5.88 Å². The molecule has 124 valence electrons. The largest absolute Gasteiger partial charge is 0.472 e. The van der Waals surface area contributed by atoms with Crippen LogP contribution in [0.3, 0.4) is 0 Å². The van der Waals surface area contributed by atoms with E-state index in [0.717, 1.165) is 5.56 Å². The lowest BCUT2D eigenvalue weighted by atomic mass is 10.2. The van der Waals surface area contributed by atoms with Crippen LogP contribution in [-0.4, -0.2) is 29.4 Å². The molecule has 1 aromatic carbocycles. The molecule has 0 aliphatic rings. The molecule has 1 amide bonds. The molecule has 0 fully saturated rings. The van der Waals surface area contributed by atoms with Crippen LogP contribution in [0.1, 0.15) is 16.2 Å². The lowest BCUT2D eigenvalue weighted by molar-refractivity contribution is 0.0919. The zero-order valence-electron chi connectivity index (χ0n) is 12.8. The number of rotatable bonds is 6. The monoisotopic (exact) mass is 347 g/mol. The maximum atomic E-state index is 12.1. The molecular formula is C16H14ClN3O4. The standard InChI is InChI=1S/C16H14ClN3O4/c1-10-16(20-24-19-10)22-9-8-18-15(21)14-7-6-13(23-14)11-4-2-3-5-12(11)17/h2-7H,8-9H2,1H3,(H,18,21). The molecule has 8 heteroatoms. The van der Waals surface area contributed by atoms with Crippen LogP contribution < -0.4 is 10.1 Å². The van der Waals surface area contributed by atoms with E-state index in [1.807, 2.05) is 18.2 Å². The normalized spacial score (nSPS) is 10.6. The van der Waals surface area contributed by atoms with Crippen molar-refractivity contribution in [2.24, 2.45) is 0 Å². The first-order valence-corrected chi connectivity index (χ1v) is 7.58. The molecule has 1 N–H and O–H groups in total. The molecule has 0 aliphatic heterocycles. The van der Waals surface area contributed by atoms with Gasteiger partial charge in [0.2, 0.25) is 0 Å². The number of furan rings is 1. The van der Waals surface area contributed by atoms with E-state index in [9.17, 15) is 4.79 Å². The lowest BCUT2D eigenvalue weighted by Gasteiger charge is -2.04. The second-order valence-corrected chi connectivity index (χ2v) is 5.31. The molecule has 3 rings (SSSR count). The van der Waals surface area contributed by atoms with Gasteiger partial charge in [0.15, 0.2) is 5.76 Å². The van der Waals surface area contributed by atoms with Crippen LogP contribution in [-0.2, 0) is 0 Å². The molecule has 0 unspecified atom stereocenters. The number of benzene rings is 1. The van der Waals surface area contributed by atoms with Crippen molar-refractivity contribution in [1.82, 2.24) is 15.6 Å². The van der Waals surface area contributed by atoms with Gasteiger partial charge in [0.05, 0.1) is 11.6 Å². The Balaban J connectivity index is 1.54. The van der Waals surface area contributed by atoms with Gasteiger partial charge in [0.25, 0.3) is 11.8 Å². The van der Waals surface area contributed by atoms with Gasteiger partial charge in [-0.2, -0.15) is 0 Å². The van der Waals surface area contributed by atoms with Crippen LogP contribution in [0.4, 0.5) is 0 Å². The summed E-state index contributed by atoms with van der Waals surface area (Å²) < 4.78 is 15.4. The highest BCUT2D eigenvalue weighted by molar-refractivity contribution is 6.33. The Bertz CT molecular complexity index is 843. The molecular weight excluding hydrogens is 334 g/mol. The fraction of sp³-hybridized carbons (Fsp3) is 0.188. The molecule has 2 aromatic heterocycles. The van der Waals surface area contributed by atoms with Crippen molar-refractivity contribution in [3.8, 4) is 17.2 Å². The SMILES string of the molecule is Cc1nonc1OCCNC(=O)c1ccc(-c2ccccc2Cl)o1. The molecule has 24 heavy (non-hydrogen) atoms. The maximum Gasteiger partial charge on any atom is 0.287 e. The number of hydrogen-bond donors (Lipinski definition) is 1. The average molecular weight is 348 g/mol. The highest BCUT2D eigenvalue weighted by Gasteiger charge is 2.13. The fourth-order valence-electron chi connectivity index (χ4n) is 2.02. The van der Waals surface area contributed by atoms with Crippen molar-refractivity contribution in [2.75, 3.05) is 13.2 Å². The smallest absolute Gasteiger partial charge is 0.287 e. The van der Waals surface area contributed by atoms with Gasteiger partial charge in [-0.3, -0.25) is 4.79 Å². The molecule has 7 nitrogen and oxygen atoms in total. The number of hydrogen-bond acceptors (Lipinski definition) is 6. The molecule has 0 spiro atoms. The number of aryl methyl sites for hydroxylation is 1. The van der Waals surface area contributed by atoms with Gasteiger partial charge in [-0.1, -0.05) is 28.9 Å². The predicted molar refractivity (Wildman–Crippen MR) is 86.0 cm³/mol. The first-order valence-electron chi connectivity index (χ1n) is 7.20. The first-order chi connectivity index (χ1) is 11.6. The zero-order valence-corrected chi connectivity index (χ0v) is 13.5. The third-order valence-corrected chi connectivity index (χ3v) is 3.54. The molecule has 0 bridgehead atoms. The quantitative estimate of drug-likeness (QED) is 0.689. The van der Waals surface area contributed by atoms with Crippen LogP contribution in [0.25, 0.3) is 11.3 Å². The Morgan fingerprint density at radius 3 is 2.83 bits per heavy atom. The number of amides is 1. The molecule has 0 saturated carbocycles. The summed E-state index contributed by atoms with van der Waals surface area (Å²) in [6, 6.07) is 10.6. The minimum atomic E-state index is -0.341. The Hall–Kier alpha value is -2.80. The Morgan fingerprint density at radius 2 is 2.08 bits per heavy atom. The van der Waals surface area contributed by atoms with Gasteiger partial charge >= 0.3 is 0 Å². The van der Waals surface area contributed by atoms with Crippen LogP contribution in [0.15, 0.2) is 45.4 Å². The summed E-state index contributed by atoms with van der Waals surface area (Å²) in [6.07, 6.45) is 0. The molecule has 3 aromatic rings. The van der Waals surface area contributed by atoms with E-state index in [-0.39, 0.29) is 24.8 Å². The number of ether oxygens (including phenoxy) is 1. The Morgan fingerprint density at radius 1 is 1.25 bits per heavy atom. The summed E-state index contributed by atoms with van der Waals surface area (Å²) in [5.74, 6) is 0.700. The number of nitrogens with one attached hydrogen (secondary N) is 1. The van der Waals surface area contributed by atoms with Crippen molar-refractivity contribution < 1.29 is 18.6 Å². The summed E-state index contributed by atoms with van der Waals surface area (Å²) in [6.45, 7) is 2.23. The van der Waals surface area contributed by atoms with Gasteiger partial charge in [-0.05, 0) is 36.3 Å². The number of nitrogens with zero attached hydrogens (tertiary/aromatic N) is 2. The van der Waals surface area contributed by atoms with Gasteiger partial charge in [-0.15, -0.1) is 0 Å². The molecule has 0 saturated heterocycles. The number of carbonyl (C=O) groups excluding carboxylic acids is 1. The van der Waals surface area contributed by atoms with E-state index in [1.165, 1.54) is 0 Å². The lowest BCUT2D eigenvalue weighted by Crippen LogP contribution is -2.27. The maximum absolute atomic E-state index is 12.1. The van der Waals surface area contributed by atoms with Crippen molar-refractivity contribution in [1.29, 1.82) is 0 Å². The predicted octanol–water partition coefficient (Wildman–Crippen LogP) is 3.10. The Kier molecular flexibility index (Phi) is 4.81. The summed E-state index contributed by atoms with van der Waals surface area (Å²) in [5, 5.41) is 10.4.